The zero-order chi connectivity index (χ0) is 8.97. The molecule has 0 aromatic carbocycles. The van der Waals surface area contributed by atoms with Crippen molar-refractivity contribution < 1.29 is 4.79 Å². The first-order valence-electron chi connectivity index (χ1n) is 4.93. The molecule has 12 heavy (non-hydrogen) atoms. The number of carbonyl (C=O) groups excluding carboxylic acids is 1. The smallest absolute Gasteiger partial charge is 0.133 e. The molecule has 0 radical (unpaired) electrons. The number of Topliss-reactive ketones (excluding diaryl/α,β-unsaturated/α-hetero) is 1. The molecule has 0 bridgehead atoms. The molecule has 1 aliphatic carbocycles. The van der Waals surface area contributed by atoms with Crippen molar-refractivity contribution in [3.8, 4) is 0 Å². The van der Waals surface area contributed by atoms with E-state index in [4.69, 9.17) is 0 Å². The van der Waals surface area contributed by atoms with Gasteiger partial charge >= 0.3 is 0 Å². The lowest BCUT2D eigenvalue weighted by Crippen LogP contribution is -2.03. The molecule has 0 fully saturated rings. The van der Waals surface area contributed by atoms with Crippen LogP contribution < -0.4 is 0 Å². The Labute approximate surface area is 74.9 Å². The van der Waals surface area contributed by atoms with Crippen molar-refractivity contribution in [1.82, 2.24) is 0 Å². The Bertz CT molecular complexity index is 201. The predicted molar refractivity (Wildman–Crippen MR) is 51.1 cm³/mol. The van der Waals surface area contributed by atoms with Gasteiger partial charge in [-0.1, -0.05) is 18.1 Å². The second kappa shape index (κ2) is 4.44. The van der Waals surface area contributed by atoms with Crippen molar-refractivity contribution in [3.63, 3.8) is 0 Å². The Morgan fingerprint density at radius 3 is 2.33 bits per heavy atom. The van der Waals surface area contributed by atoms with E-state index in [0.29, 0.717) is 12.2 Å². The Kier molecular flexibility index (Phi) is 3.51. The van der Waals surface area contributed by atoms with Crippen molar-refractivity contribution >= 4 is 5.78 Å². The summed E-state index contributed by atoms with van der Waals surface area (Å²) < 4.78 is 0. The summed E-state index contributed by atoms with van der Waals surface area (Å²) in [5.41, 5.74) is 2.99. The van der Waals surface area contributed by atoms with Crippen LogP contribution in [0.15, 0.2) is 11.1 Å². The third-order valence-corrected chi connectivity index (χ3v) is 2.60. The minimum atomic E-state index is 0.317. The number of ketones is 1. The molecule has 0 aromatic heterocycles. The minimum absolute atomic E-state index is 0.317. The van der Waals surface area contributed by atoms with E-state index in [2.05, 4.69) is 6.92 Å². The summed E-state index contributed by atoms with van der Waals surface area (Å²) in [6, 6.07) is 0. The van der Waals surface area contributed by atoms with E-state index in [1.807, 2.05) is 0 Å². The molecule has 0 saturated carbocycles. The average molecular weight is 166 g/mol. The van der Waals surface area contributed by atoms with Crippen molar-refractivity contribution in [2.75, 3.05) is 0 Å². The lowest BCUT2D eigenvalue weighted by molar-refractivity contribution is -0.116. The van der Waals surface area contributed by atoms with E-state index in [1.54, 1.807) is 12.5 Å². The van der Waals surface area contributed by atoms with Gasteiger partial charge in [-0.3, -0.25) is 4.79 Å². The van der Waals surface area contributed by atoms with E-state index in [-0.39, 0.29) is 0 Å². The fourth-order valence-corrected chi connectivity index (χ4v) is 1.97. The van der Waals surface area contributed by atoms with E-state index in [9.17, 15) is 4.79 Å². The molecular weight excluding hydrogens is 148 g/mol. The van der Waals surface area contributed by atoms with Gasteiger partial charge in [-0.2, -0.15) is 0 Å². The van der Waals surface area contributed by atoms with E-state index in [0.717, 1.165) is 6.42 Å². The fourth-order valence-electron chi connectivity index (χ4n) is 1.97. The van der Waals surface area contributed by atoms with Gasteiger partial charge in [0.1, 0.15) is 5.78 Å². The first-order chi connectivity index (χ1) is 5.74. The molecule has 0 amide bonds. The van der Waals surface area contributed by atoms with Crippen LogP contribution in [0.5, 0.6) is 0 Å². The average Bonchev–Trinajstić information content (AvgIpc) is 2.04. The summed E-state index contributed by atoms with van der Waals surface area (Å²) in [4.78, 5) is 10.9. The van der Waals surface area contributed by atoms with Crippen LogP contribution in [0, 0.1) is 0 Å². The Balaban J connectivity index is 2.66. The van der Waals surface area contributed by atoms with E-state index < -0.39 is 0 Å². The fraction of sp³-hybridized carbons (Fsp3) is 0.727. The molecule has 0 unspecified atom stereocenters. The highest BCUT2D eigenvalue weighted by Gasteiger charge is 2.12. The lowest BCUT2D eigenvalue weighted by atomic mass is 9.88. The van der Waals surface area contributed by atoms with Crippen LogP contribution >= 0.6 is 0 Å². The summed E-state index contributed by atoms with van der Waals surface area (Å²) in [5.74, 6) is 0.317. The molecule has 1 heteroatoms. The zero-order valence-electron chi connectivity index (χ0n) is 8.15. The van der Waals surface area contributed by atoms with Crippen molar-refractivity contribution in [3.05, 3.63) is 11.1 Å². The maximum absolute atomic E-state index is 10.9. The molecule has 0 N–H and O–H groups in total. The molecule has 0 aromatic rings. The predicted octanol–water partition coefficient (Wildman–Crippen LogP) is 3.25. The standard InChI is InChI=1S/C11H18O/c1-3-10-6-4-5-7-11(10)8-9(2)12/h3-8H2,1-2H3. The summed E-state index contributed by atoms with van der Waals surface area (Å²) >= 11 is 0. The number of hydrogen-bond donors (Lipinski definition) is 0. The van der Waals surface area contributed by atoms with Gasteiger partial charge in [0.2, 0.25) is 0 Å². The third-order valence-electron chi connectivity index (χ3n) is 2.60. The minimum Gasteiger partial charge on any atom is -0.300 e. The molecule has 1 rings (SSSR count). The molecule has 0 spiro atoms. The Morgan fingerprint density at radius 1 is 1.25 bits per heavy atom. The summed E-state index contributed by atoms with van der Waals surface area (Å²) in [6.45, 7) is 3.88. The van der Waals surface area contributed by atoms with Crippen LogP contribution in [0.2, 0.25) is 0 Å². The first-order valence-corrected chi connectivity index (χ1v) is 4.93. The maximum atomic E-state index is 10.9. The molecule has 0 aliphatic heterocycles. The van der Waals surface area contributed by atoms with Crippen LogP contribution in [0.25, 0.3) is 0 Å². The lowest BCUT2D eigenvalue weighted by Gasteiger charge is -2.18. The molecule has 0 atom stereocenters. The summed E-state index contributed by atoms with van der Waals surface area (Å²) in [6.07, 6.45) is 6.87. The molecule has 0 saturated heterocycles. The van der Waals surface area contributed by atoms with Gasteiger partial charge in [0, 0.05) is 6.42 Å². The summed E-state index contributed by atoms with van der Waals surface area (Å²) in [7, 11) is 0. The highest BCUT2D eigenvalue weighted by Crippen LogP contribution is 2.28. The van der Waals surface area contributed by atoms with Crippen molar-refractivity contribution in [2.24, 2.45) is 0 Å². The van der Waals surface area contributed by atoms with Crippen LogP contribution in [-0.2, 0) is 4.79 Å². The van der Waals surface area contributed by atoms with Crippen LogP contribution in [0.3, 0.4) is 0 Å². The zero-order valence-corrected chi connectivity index (χ0v) is 8.15. The summed E-state index contributed by atoms with van der Waals surface area (Å²) in [5, 5.41) is 0. The number of hydrogen-bond acceptors (Lipinski definition) is 1. The number of rotatable bonds is 3. The van der Waals surface area contributed by atoms with Gasteiger partial charge < -0.3 is 0 Å². The van der Waals surface area contributed by atoms with Gasteiger partial charge in [0.15, 0.2) is 0 Å². The highest BCUT2D eigenvalue weighted by molar-refractivity contribution is 5.78. The van der Waals surface area contributed by atoms with Crippen LogP contribution in [0.1, 0.15) is 52.4 Å². The Morgan fingerprint density at radius 2 is 1.83 bits per heavy atom. The molecule has 1 nitrogen and oxygen atoms in total. The van der Waals surface area contributed by atoms with Gasteiger partial charge in [-0.25, -0.2) is 0 Å². The molecule has 68 valence electrons. The van der Waals surface area contributed by atoms with Gasteiger partial charge in [0.05, 0.1) is 0 Å². The molecule has 0 heterocycles. The van der Waals surface area contributed by atoms with Crippen LogP contribution in [0.4, 0.5) is 0 Å². The Hall–Kier alpha value is -0.590. The number of allylic oxidation sites excluding steroid dienone is 2. The maximum Gasteiger partial charge on any atom is 0.133 e. The molecular formula is C11H18O. The van der Waals surface area contributed by atoms with Gasteiger partial charge in [-0.15, -0.1) is 0 Å². The first kappa shape index (κ1) is 9.50. The van der Waals surface area contributed by atoms with Crippen molar-refractivity contribution in [1.29, 1.82) is 0 Å². The SMILES string of the molecule is CCC1=C(CC(C)=O)CCCC1. The largest absolute Gasteiger partial charge is 0.300 e. The van der Waals surface area contributed by atoms with E-state index >= 15 is 0 Å². The normalized spacial score (nSPS) is 18.2. The second-order valence-electron chi connectivity index (χ2n) is 3.65. The van der Waals surface area contributed by atoms with Gasteiger partial charge in [-0.05, 0) is 39.0 Å². The quantitative estimate of drug-likeness (QED) is 0.588. The van der Waals surface area contributed by atoms with Crippen molar-refractivity contribution in [2.45, 2.75) is 52.4 Å². The third kappa shape index (κ3) is 2.47. The van der Waals surface area contributed by atoms with Gasteiger partial charge in [0.25, 0.3) is 0 Å². The van der Waals surface area contributed by atoms with E-state index in [1.165, 1.54) is 31.3 Å². The van der Waals surface area contributed by atoms with Crippen LogP contribution in [-0.4, -0.2) is 5.78 Å². The topological polar surface area (TPSA) is 17.1 Å². The highest BCUT2D eigenvalue weighted by atomic mass is 16.1. The second-order valence-corrected chi connectivity index (χ2v) is 3.65. The number of carbonyl (C=O) groups is 1. The molecule has 1 aliphatic rings. The monoisotopic (exact) mass is 166 g/mol.